The van der Waals surface area contributed by atoms with E-state index in [9.17, 15) is 9.59 Å². The molecule has 2 amide bonds. The van der Waals surface area contributed by atoms with Crippen LogP contribution in [0.5, 0.6) is 0 Å². The van der Waals surface area contributed by atoms with E-state index in [0.29, 0.717) is 18.5 Å². The van der Waals surface area contributed by atoms with E-state index in [1.54, 1.807) is 24.8 Å². The standard InChI is InChI=1S/C23H20N4O2/c1-15-8-11-25-14-17(15)21(28)27-12-9-23(20(27)16-5-4-10-24-13-16)18-6-2-3-7-19(18)26-22(23)29/h2-8,10-11,13-14,20H,9,12H2,1H3,(H,26,29). The fourth-order valence-electron chi connectivity index (χ4n) is 4.75. The third-order valence-corrected chi connectivity index (χ3v) is 6.12. The van der Waals surface area contributed by atoms with Crippen LogP contribution in [0.3, 0.4) is 0 Å². The van der Waals surface area contributed by atoms with Gasteiger partial charge in [0.2, 0.25) is 5.91 Å². The molecule has 6 heteroatoms. The van der Waals surface area contributed by atoms with Gasteiger partial charge in [-0.1, -0.05) is 24.3 Å². The van der Waals surface area contributed by atoms with Gasteiger partial charge in [0, 0.05) is 37.0 Å². The lowest BCUT2D eigenvalue weighted by Gasteiger charge is -2.34. The third-order valence-electron chi connectivity index (χ3n) is 6.12. The second-order valence-corrected chi connectivity index (χ2v) is 7.60. The highest BCUT2D eigenvalue weighted by atomic mass is 16.2. The van der Waals surface area contributed by atoms with Gasteiger partial charge in [0.1, 0.15) is 5.41 Å². The minimum Gasteiger partial charge on any atom is -0.330 e. The van der Waals surface area contributed by atoms with Crippen molar-refractivity contribution in [2.45, 2.75) is 24.8 Å². The second kappa shape index (κ2) is 6.51. The first kappa shape index (κ1) is 17.6. The molecule has 0 saturated carbocycles. The van der Waals surface area contributed by atoms with E-state index in [-0.39, 0.29) is 11.8 Å². The quantitative estimate of drug-likeness (QED) is 0.736. The molecule has 29 heavy (non-hydrogen) atoms. The van der Waals surface area contributed by atoms with E-state index in [1.807, 2.05) is 54.3 Å². The molecule has 4 heterocycles. The molecule has 5 rings (SSSR count). The maximum absolute atomic E-state index is 13.5. The lowest BCUT2D eigenvalue weighted by Crippen LogP contribution is -2.42. The number of nitrogens with zero attached hydrogens (tertiary/aromatic N) is 3. The number of anilines is 1. The van der Waals surface area contributed by atoms with E-state index >= 15 is 0 Å². The van der Waals surface area contributed by atoms with Crippen LogP contribution >= 0.6 is 0 Å². The number of fused-ring (bicyclic) bond motifs is 2. The number of aromatic nitrogens is 2. The number of nitrogens with one attached hydrogen (secondary N) is 1. The van der Waals surface area contributed by atoms with Crippen molar-refractivity contribution in [1.82, 2.24) is 14.9 Å². The van der Waals surface area contributed by atoms with E-state index in [0.717, 1.165) is 22.4 Å². The number of hydrogen-bond acceptors (Lipinski definition) is 4. The Morgan fingerprint density at radius 3 is 2.72 bits per heavy atom. The maximum Gasteiger partial charge on any atom is 0.256 e. The monoisotopic (exact) mass is 384 g/mol. The van der Waals surface area contributed by atoms with Gasteiger partial charge in [-0.25, -0.2) is 0 Å². The van der Waals surface area contributed by atoms with Gasteiger partial charge in [-0.3, -0.25) is 19.6 Å². The predicted molar refractivity (Wildman–Crippen MR) is 108 cm³/mol. The number of aryl methyl sites for hydroxylation is 1. The molecule has 0 aliphatic carbocycles. The highest BCUT2D eigenvalue weighted by Gasteiger charge is 2.59. The molecule has 2 unspecified atom stereocenters. The highest BCUT2D eigenvalue weighted by Crippen LogP contribution is 2.54. The summed E-state index contributed by atoms with van der Waals surface area (Å²) in [5.74, 6) is -0.177. The van der Waals surface area contributed by atoms with Crippen LogP contribution in [0.15, 0.2) is 67.3 Å². The molecule has 1 N–H and O–H groups in total. The summed E-state index contributed by atoms with van der Waals surface area (Å²) in [4.78, 5) is 37.1. The van der Waals surface area contributed by atoms with Gasteiger partial charge in [0.15, 0.2) is 0 Å². The molecule has 144 valence electrons. The lowest BCUT2D eigenvalue weighted by molar-refractivity contribution is -0.121. The molecular formula is C23H20N4O2. The largest absolute Gasteiger partial charge is 0.330 e. The Balaban J connectivity index is 1.68. The Morgan fingerprint density at radius 2 is 1.93 bits per heavy atom. The number of carbonyl (C=O) groups excluding carboxylic acids is 2. The van der Waals surface area contributed by atoms with Crippen LogP contribution in [0.25, 0.3) is 0 Å². The smallest absolute Gasteiger partial charge is 0.256 e. The zero-order chi connectivity index (χ0) is 20.0. The molecule has 1 spiro atoms. The maximum atomic E-state index is 13.5. The normalized spacial score (nSPS) is 22.6. The summed E-state index contributed by atoms with van der Waals surface area (Å²) >= 11 is 0. The van der Waals surface area contributed by atoms with Crippen LogP contribution in [-0.4, -0.2) is 33.2 Å². The molecule has 0 bridgehead atoms. The number of benzene rings is 1. The van der Waals surface area contributed by atoms with Crippen molar-refractivity contribution in [1.29, 1.82) is 0 Å². The Labute approximate surface area is 168 Å². The summed E-state index contributed by atoms with van der Waals surface area (Å²) in [6.45, 7) is 2.38. The number of rotatable bonds is 2. The summed E-state index contributed by atoms with van der Waals surface area (Å²) in [7, 11) is 0. The number of carbonyl (C=O) groups is 2. The highest BCUT2D eigenvalue weighted by molar-refractivity contribution is 6.08. The Kier molecular flexibility index (Phi) is 3.94. The topological polar surface area (TPSA) is 75.2 Å². The van der Waals surface area contributed by atoms with Crippen LogP contribution < -0.4 is 5.32 Å². The van der Waals surface area contributed by atoms with Crippen molar-refractivity contribution in [2.75, 3.05) is 11.9 Å². The van der Waals surface area contributed by atoms with Gasteiger partial charge in [-0.2, -0.15) is 0 Å². The SMILES string of the molecule is Cc1ccncc1C(=O)N1CCC2(C(=O)Nc3ccccc32)C1c1cccnc1. The number of hydrogen-bond donors (Lipinski definition) is 1. The molecule has 6 nitrogen and oxygen atoms in total. The number of pyridine rings is 2. The average Bonchev–Trinajstić information content (AvgIpc) is 3.28. The van der Waals surface area contributed by atoms with Crippen molar-refractivity contribution in [3.8, 4) is 0 Å². The summed E-state index contributed by atoms with van der Waals surface area (Å²) in [5, 5.41) is 3.03. The number of para-hydroxylation sites is 1. The summed E-state index contributed by atoms with van der Waals surface area (Å²) in [6.07, 6.45) is 7.29. The summed E-state index contributed by atoms with van der Waals surface area (Å²) in [5.41, 5.74) is 3.21. The third kappa shape index (κ3) is 2.49. The van der Waals surface area contributed by atoms with Gasteiger partial charge in [-0.05, 0) is 48.2 Å². The van der Waals surface area contributed by atoms with Crippen LogP contribution in [0, 0.1) is 6.92 Å². The van der Waals surface area contributed by atoms with Crippen molar-refractivity contribution < 1.29 is 9.59 Å². The van der Waals surface area contributed by atoms with Crippen LogP contribution in [0.2, 0.25) is 0 Å². The first-order valence-electron chi connectivity index (χ1n) is 9.65. The van der Waals surface area contributed by atoms with Gasteiger partial charge in [-0.15, -0.1) is 0 Å². The predicted octanol–water partition coefficient (Wildman–Crippen LogP) is 3.26. The lowest BCUT2D eigenvalue weighted by atomic mass is 9.73. The average molecular weight is 384 g/mol. The molecule has 2 aromatic heterocycles. The number of likely N-dealkylation sites (tertiary alicyclic amines) is 1. The van der Waals surface area contributed by atoms with Crippen LogP contribution in [0.1, 0.15) is 39.5 Å². The van der Waals surface area contributed by atoms with Gasteiger partial charge in [0.25, 0.3) is 5.91 Å². The number of amides is 2. The van der Waals surface area contributed by atoms with E-state index in [4.69, 9.17) is 0 Å². The van der Waals surface area contributed by atoms with Gasteiger partial charge < -0.3 is 10.2 Å². The molecule has 2 aliphatic heterocycles. The summed E-state index contributed by atoms with van der Waals surface area (Å²) in [6, 6.07) is 12.9. The van der Waals surface area contributed by atoms with E-state index in [1.165, 1.54) is 0 Å². The summed E-state index contributed by atoms with van der Waals surface area (Å²) < 4.78 is 0. The zero-order valence-corrected chi connectivity index (χ0v) is 16.0. The minimum atomic E-state index is -0.828. The molecule has 3 aromatic rings. The molecule has 0 radical (unpaired) electrons. The molecular weight excluding hydrogens is 364 g/mol. The van der Waals surface area contributed by atoms with E-state index < -0.39 is 11.5 Å². The van der Waals surface area contributed by atoms with Crippen molar-refractivity contribution in [3.63, 3.8) is 0 Å². The molecule has 1 saturated heterocycles. The van der Waals surface area contributed by atoms with Crippen molar-refractivity contribution >= 4 is 17.5 Å². The fourth-order valence-corrected chi connectivity index (χ4v) is 4.75. The Morgan fingerprint density at radius 1 is 1.10 bits per heavy atom. The second-order valence-electron chi connectivity index (χ2n) is 7.60. The molecule has 2 atom stereocenters. The minimum absolute atomic E-state index is 0.0641. The first-order chi connectivity index (χ1) is 14.1. The zero-order valence-electron chi connectivity index (χ0n) is 16.0. The van der Waals surface area contributed by atoms with E-state index in [2.05, 4.69) is 15.3 Å². The fraction of sp³-hybridized carbons (Fsp3) is 0.217. The van der Waals surface area contributed by atoms with Crippen molar-refractivity contribution in [2.24, 2.45) is 0 Å². The van der Waals surface area contributed by atoms with Gasteiger partial charge in [0.05, 0.1) is 11.6 Å². The molecule has 2 aliphatic rings. The first-order valence-corrected chi connectivity index (χ1v) is 9.65. The van der Waals surface area contributed by atoms with Gasteiger partial charge >= 0.3 is 0 Å². The van der Waals surface area contributed by atoms with Crippen LogP contribution in [0.4, 0.5) is 5.69 Å². The van der Waals surface area contributed by atoms with Crippen molar-refractivity contribution in [3.05, 3.63) is 89.5 Å². The molecule has 1 aromatic carbocycles. The van der Waals surface area contributed by atoms with Crippen LogP contribution in [-0.2, 0) is 10.2 Å². The molecule has 1 fully saturated rings. The Bertz CT molecular complexity index is 1110. The Hall–Kier alpha value is -3.54.